The van der Waals surface area contributed by atoms with Gasteiger partial charge in [0.15, 0.2) is 11.5 Å². The third-order valence-electron chi connectivity index (χ3n) is 4.52. The molecule has 0 aliphatic carbocycles. The Bertz CT molecular complexity index is 896. The van der Waals surface area contributed by atoms with Crippen molar-refractivity contribution in [2.45, 2.75) is 10.4 Å². The molecule has 0 radical (unpaired) electrons. The van der Waals surface area contributed by atoms with E-state index < -0.39 is 16.3 Å². The molecule has 0 spiro atoms. The van der Waals surface area contributed by atoms with Crippen molar-refractivity contribution in [1.82, 2.24) is 0 Å². The Kier molecular flexibility index (Phi) is 6.07. The van der Waals surface area contributed by atoms with Crippen molar-refractivity contribution in [1.29, 1.82) is 0 Å². The molecule has 28 heavy (non-hydrogen) atoms. The monoisotopic (exact) mass is 537 g/mol. The molecule has 150 valence electrons. The maximum absolute atomic E-state index is 12.8. The van der Waals surface area contributed by atoms with Crippen molar-refractivity contribution in [2.75, 3.05) is 33.3 Å². The quantitative estimate of drug-likeness (QED) is 0.306. The smallest absolute Gasteiger partial charge is 0.266 e. The number of benzene rings is 2. The first kappa shape index (κ1) is 21.1. The van der Waals surface area contributed by atoms with Gasteiger partial charge in [-0.2, -0.15) is 0 Å². The van der Waals surface area contributed by atoms with Crippen LogP contribution in [-0.2, 0) is 4.79 Å². The fraction of sp³-hybridized carbons (Fsp3) is 0.316. The maximum Gasteiger partial charge on any atom is 0.266 e. The molecule has 2 aromatic carbocycles. The number of methoxy groups -OCH3 is 4. The third kappa shape index (κ3) is 3.33. The second-order valence-corrected chi connectivity index (χ2v) is 8.53. The lowest BCUT2D eigenvalue weighted by atomic mass is 9.91. The van der Waals surface area contributed by atoms with Gasteiger partial charge in [0.2, 0.25) is 10.1 Å². The van der Waals surface area contributed by atoms with Gasteiger partial charge in [0.1, 0.15) is 11.8 Å². The summed E-state index contributed by atoms with van der Waals surface area (Å²) in [4.78, 5) is 14.3. The van der Waals surface area contributed by atoms with Gasteiger partial charge in [-0.05, 0) is 40.3 Å². The predicted octanol–water partition coefficient (Wildman–Crippen LogP) is 4.59. The van der Waals surface area contributed by atoms with Gasteiger partial charge in [-0.3, -0.25) is 9.69 Å². The molecular formula is C19H18Cl2INO5. The Morgan fingerprint density at radius 1 is 0.929 bits per heavy atom. The van der Waals surface area contributed by atoms with Gasteiger partial charge in [-0.1, -0.05) is 29.3 Å². The van der Waals surface area contributed by atoms with Crippen LogP contribution in [0.2, 0.25) is 0 Å². The number of amides is 1. The van der Waals surface area contributed by atoms with E-state index in [1.54, 1.807) is 19.2 Å². The molecule has 1 aliphatic rings. The first-order chi connectivity index (χ1) is 13.3. The molecule has 0 aromatic heterocycles. The maximum atomic E-state index is 12.8. The number of ether oxygens (including phenoxy) is 4. The minimum absolute atomic E-state index is 0.425. The molecule has 1 heterocycles. The van der Waals surface area contributed by atoms with E-state index in [4.69, 9.17) is 42.1 Å². The van der Waals surface area contributed by atoms with Gasteiger partial charge < -0.3 is 18.9 Å². The van der Waals surface area contributed by atoms with Gasteiger partial charge in [0, 0.05) is 12.1 Å². The third-order valence-corrected chi connectivity index (χ3v) is 6.10. The number of nitrogens with zero attached hydrogens (tertiary/aromatic N) is 1. The highest BCUT2D eigenvalue weighted by molar-refractivity contribution is 14.1. The molecule has 6 nitrogen and oxygen atoms in total. The van der Waals surface area contributed by atoms with Crippen molar-refractivity contribution in [3.63, 3.8) is 0 Å². The average molecular weight is 538 g/mol. The highest BCUT2D eigenvalue weighted by Crippen LogP contribution is 2.55. The second-order valence-electron chi connectivity index (χ2n) is 5.98. The zero-order valence-corrected chi connectivity index (χ0v) is 19.3. The molecular weight excluding hydrogens is 520 g/mol. The normalized spacial score (nSPS) is 17.8. The van der Waals surface area contributed by atoms with Gasteiger partial charge in [-0.15, -0.1) is 0 Å². The summed E-state index contributed by atoms with van der Waals surface area (Å²) in [5.74, 6) is 1.58. The lowest BCUT2D eigenvalue weighted by Gasteiger charge is -2.49. The molecule has 0 N–H and O–H groups in total. The van der Waals surface area contributed by atoms with E-state index >= 15 is 0 Å². The van der Waals surface area contributed by atoms with E-state index in [0.29, 0.717) is 22.9 Å². The molecule has 9 heteroatoms. The van der Waals surface area contributed by atoms with Crippen molar-refractivity contribution in [2.24, 2.45) is 0 Å². The Balaban J connectivity index is 2.10. The lowest BCUT2D eigenvalue weighted by molar-refractivity contribution is -0.125. The van der Waals surface area contributed by atoms with Gasteiger partial charge in [0.25, 0.3) is 5.91 Å². The first-order valence-electron chi connectivity index (χ1n) is 8.15. The molecule has 0 unspecified atom stereocenters. The van der Waals surface area contributed by atoms with Crippen LogP contribution in [0.4, 0.5) is 5.69 Å². The molecule has 1 amide bonds. The Labute approximate surface area is 186 Å². The number of alkyl halides is 2. The Morgan fingerprint density at radius 3 is 1.96 bits per heavy atom. The second kappa shape index (κ2) is 8.04. The number of carbonyl (C=O) groups excluding carboxylic acids is 1. The molecule has 0 saturated carbocycles. The summed E-state index contributed by atoms with van der Waals surface area (Å²) in [6.07, 6.45) is 0. The summed E-state index contributed by atoms with van der Waals surface area (Å²) < 4.78 is 20.7. The van der Waals surface area contributed by atoms with Crippen LogP contribution < -0.4 is 23.8 Å². The summed E-state index contributed by atoms with van der Waals surface area (Å²) in [6.45, 7) is 0. The number of halogens is 3. The van der Waals surface area contributed by atoms with Gasteiger partial charge in [0.05, 0.1) is 37.7 Å². The number of anilines is 1. The number of carbonyl (C=O) groups is 1. The standard InChI is InChI=1S/C19H18Cl2INO5/c1-25-13-6-5-10(7-12(13)22)17-19(20,21)18(24)23(17)11-8-14(26-2)16(28-4)15(9-11)27-3/h5-9,17H,1-4H3/t17-/m0/s1. The average Bonchev–Trinajstić information content (AvgIpc) is 2.70. The van der Waals surface area contributed by atoms with E-state index in [1.807, 2.05) is 18.2 Å². The molecule has 1 saturated heterocycles. The highest BCUT2D eigenvalue weighted by Gasteiger charge is 2.60. The van der Waals surface area contributed by atoms with E-state index in [1.165, 1.54) is 26.2 Å². The topological polar surface area (TPSA) is 57.2 Å². The fourth-order valence-corrected chi connectivity index (χ4v) is 4.56. The van der Waals surface area contributed by atoms with Crippen molar-refractivity contribution < 1.29 is 23.7 Å². The molecule has 1 atom stereocenters. The van der Waals surface area contributed by atoms with Crippen LogP contribution in [0.1, 0.15) is 11.6 Å². The summed E-state index contributed by atoms with van der Waals surface area (Å²) in [6, 6.07) is 8.32. The summed E-state index contributed by atoms with van der Waals surface area (Å²) in [7, 11) is 6.13. The van der Waals surface area contributed by atoms with Crippen molar-refractivity contribution in [3.05, 3.63) is 39.5 Å². The van der Waals surface area contributed by atoms with E-state index in [9.17, 15) is 4.79 Å². The van der Waals surface area contributed by atoms with Crippen LogP contribution >= 0.6 is 45.8 Å². The summed E-state index contributed by atoms with van der Waals surface area (Å²) in [5.41, 5.74) is 1.32. The first-order valence-corrected chi connectivity index (χ1v) is 9.98. The van der Waals surface area contributed by atoms with Crippen LogP contribution in [0.3, 0.4) is 0 Å². The summed E-state index contributed by atoms with van der Waals surface area (Å²) in [5, 5.41) is 0. The zero-order chi connectivity index (χ0) is 20.6. The predicted molar refractivity (Wildman–Crippen MR) is 116 cm³/mol. The molecule has 2 aromatic rings. The lowest BCUT2D eigenvalue weighted by Crippen LogP contribution is -2.63. The minimum Gasteiger partial charge on any atom is -0.496 e. The number of hydrogen-bond donors (Lipinski definition) is 0. The van der Waals surface area contributed by atoms with Gasteiger partial charge in [-0.25, -0.2) is 0 Å². The largest absolute Gasteiger partial charge is 0.496 e. The molecule has 1 fully saturated rings. The zero-order valence-electron chi connectivity index (χ0n) is 15.6. The van der Waals surface area contributed by atoms with Crippen LogP contribution in [0, 0.1) is 3.57 Å². The van der Waals surface area contributed by atoms with Gasteiger partial charge >= 0.3 is 0 Å². The van der Waals surface area contributed by atoms with E-state index in [0.717, 1.165) is 14.9 Å². The van der Waals surface area contributed by atoms with E-state index in [2.05, 4.69) is 22.6 Å². The van der Waals surface area contributed by atoms with Crippen molar-refractivity contribution in [3.8, 4) is 23.0 Å². The summed E-state index contributed by atoms with van der Waals surface area (Å²) >= 11 is 14.9. The number of β-lactam (4-membered cyclic amide) rings is 1. The Morgan fingerprint density at radius 2 is 1.50 bits per heavy atom. The number of hydrogen-bond acceptors (Lipinski definition) is 5. The van der Waals surface area contributed by atoms with Crippen LogP contribution in [0.5, 0.6) is 23.0 Å². The van der Waals surface area contributed by atoms with Crippen LogP contribution in [0.15, 0.2) is 30.3 Å². The van der Waals surface area contributed by atoms with E-state index in [-0.39, 0.29) is 0 Å². The van der Waals surface area contributed by atoms with Crippen LogP contribution in [0.25, 0.3) is 0 Å². The van der Waals surface area contributed by atoms with Crippen LogP contribution in [-0.4, -0.2) is 38.7 Å². The SMILES string of the molecule is COc1ccc([C@@H]2N(c3cc(OC)c(OC)c(OC)c3)C(=O)C2(Cl)Cl)cc1I. The molecule has 1 aliphatic heterocycles. The molecule has 0 bridgehead atoms. The number of rotatable bonds is 6. The van der Waals surface area contributed by atoms with Crippen molar-refractivity contribution >= 4 is 57.4 Å². The molecule has 3 rings (SSSR count). The fourth-order valence-electron chi connectivity index (χ4n) is 3.17. The minimum atomic E-state index is -1.59. The Hall–Kier alpha value is -1.58. The highest BCUT2D eigenvalue weighted by atomic mass is 127.